The number of methoxy groups -OCH3 is 1. The molecule has 1 aromatic heterocycles. The number of ether oxygens (including phenoxy) is 1. The summed E-state index contributed by atoms with van der Waals surface area (Å²) >= 11 is 0. The Bertz CT molecular complexity index is 348. The Morgan fingerprint density at radius 2 is 2.47 bits per heavy atom. The first-order valence-corrected chi connectivity index (χ1v) is 4.75. The van der Waals surface area contributed by atoms with Gasteiger partial charge in [-0.1, -0.05) is 0 Å². The Morgan fingerprint density at radius 3 is 3.13 bits per heavy atom. The predicted octanol–water partition coefficient (Wildman–Crippen LogP) is 1.19. The molecule has 1 unspecified atom stereocenters. The third kappa shape index (κ3) is 3.92. The van der Waals surface area contributed by atoms with Crippen LogP contribution in [-0.2, 0) is 4.74 Å². The van der Waals surface area contributed by atoms with Crippen LogP contribution in [0.5, 0.6) is 0 Å². The van der Waals surface area contributed by atoms with Crippen molar-refractivity contribution in [2.75, 3.05) is 19.0 Å². The van der Waals surface area contributed by atoms with Crippen LogP contribution in [0.15, 0.2) is 12.3 Å². The summed E-state index contributed by atoms with van der Waals surface area (Å²) in [5.41, 5.74) is 0.367. The van der Waals surface area contributed by atoms with Crippen LogP contribution in [0.25, 0.3) is 0 Å². The second kappa shape index (κ2) is 5.94. The fraction of sp³-hybridized carbons (Fsp3) is 0.500. The zero-order valence-electron chi connectivity index (χ0n) is 8.90. The Morgan fingerprint density at radius 1 is 1.67 bits per heavy atom. The van der Waals surface area contributed by atoms with Gasteiger partial charge in [0, 0.05) is 26.0 Å². The van der Waals surface area contributed by atoms with Gasteiger partial charge in [0.25, 0.3) is 0 Å². The molecule has 0 aliphatic heterocycles. The standard InChI is InChI=1S/C10H14N4O/c1-8(4-6-15-2)13-10-12-5-3-9(7-11)14-10/h3,5,8H,4,6H2,1-2H3,(H,12,13,14). The third-order valence-electron chi connectivity index (χ3n) is 1.90. The summed E-state index contributed by atoms with van der Waals surface area (Å²) in [4.78, 5) is 8.04. The first kappa shape index (κ1) is 11.4. The fourth-order valence-electron chi connectivity index (χ4n) is 1.08. The van der Waals surface area contributed by atoms with Crippen molar-refractivity contribution >= 4 is 5.95 Å². The smallest absolute Gasteiger partial charge is 0.224 e. The van der Waals surface area contributed by atoms with Crippen LogP contribution in [0, 0.1) is 11.3 Å². The molecule has 5 heteroatoms. The molecule has 1 N–H and O–H groups in total. The molecule has 15 heavy (non-hydrogen) atoms. The minimum absolute atomic E-state index is 0.221. The van der Waals surface area contributed by atoms with Crippen LogP contribution >= 0.6 is 0 Å². The minimum Gasteiger partial charge on any atom is -0.385 e. The van der Waals surface area contributed by atoms with Crippen LogP contribution < -0.4 is 5.32 Å². The Labute approximate surface area is 89.1 Å². The van der Waals surface area contributed by atoms with E-state index in [1.54, 1.807) is 19.4 Å². The molecule has 0 saturated heterocycles. The zero-order chi connectivity index (χ0) is 11.1. The van der Waals surface area contributed by atoms with Crippen molar-refractivity contribution in [2.45, 2.75) is 19.4 Å². The molecule has 1 atom stereocenters. The highest BCUT2D eigenvalue weighted by atomic mass is 16.5. The normalized spacial score (nSPS) is 11.8. The summed E-state index contributed by atoms with van der Waals surface area (Å²) < 4.78 is 4.96. The lowest BCUT2D eigenvalue weighted by molar-refractivity contribution is 0.191. The molecular weight excluding hydrogens is 192 g/mol. The molecule has 0 aliphatic carbocycles. The third-order valence-corrected chi connectivity index (χ3v) is 1.90. The van der Waals surface area contributed by atoms with Crippen molar-refractivity contribution in [1.29, 1.82) is 5.26 Å². The molecule has 1 rings (SSSR count). The topological polar surface area (TPSA) is 70.8 Å². The summed E-state index contributed by atoms with van der Waals surface area (Å²) in [5.74, 6) is 0.484. The van der Waals surface area contributed by atoms with E-state index in [9.17, 15) is 0 Å². The van der Waals surface area contributed by atoms with Gasteiger partial charge in [0.05, 0.1) is 0 Å². The summed E-state index contributed by atoms with van der Waals surface area (Å²) in [7, 11) is 1.67. The van der Waals surface area contributed by atoms with E-state index < -0.39 is 0 Å². The molecule has 0 fully saturated rings. The van der Waals surface area contributed by atoms with E-state index in [1.165, 1.54) is 0 Å². The van der Waals surface area contributed by atoms with E-state index in [-0.39, 0.29) is 6.04 Å². The summed E-state index contributed by atoms with van der Waals surface area (Å²) in [5, 5.41) is 11.7. The molecule has 0 radical (unpaired) electrons. The van der Waals surface area contributed by atoms with Crippen molar-refractivity contribution in [3.05, 3.63) is 18.0 Å². The van der Waals surface area contributed by atoms with E-state index in [2.05, 4.69) is 15.3 Å². The highest BCUT2D eigenvalue weighted by molar-refractivity contribution is 5.30. The first-order chi connectivity index (χ1) is 7.26. The molecule has 0 spiro atoms. The lowest BCUT2D eigenvalue weighted by Gasteiger charge is -2.12. The maximum absolute atomic E-state index is 8.65. The number of rotatable bonds is 5. The highest BCUT2D eigenvalue weighted by Crippen LogP contribution is 2.03. The number of hydrogen-bond donors (Lipinski definition) is 1. The lowest BCUT2D eigenvalue weighted by atomic mass is 10.2. The van der Waals surface area contributed by atoms with Gasteiger partial charge in [-0.25, -0.2) is 9.97 Å². The first-order valence-electron chi connectivity index (χ1n) is 4.75. The number of nitrogens with zero attached hydrogens (tertiary/aromatic N) is 3. The SMILES string of the molecule is COCCC(C)Nc1nccc(C#N)n1. The van der Waals surface area contributed by atoms with Gasteiger partial charge in [-0.05, 0) is 19.4 Å². The van der Waals surface area contributed by atoms with E-state index in [1.807, 2.05) is 13.0 Å². The molecule has 0 saturated carbocycles. The molecule has 1 heterocycles. The van der Waals surface area contributed by atoms with Crippen LogP contribution in [0.3, 0.4) is 0 Å². The predicted molar refractivity (Wildman–Crippen MR) is 56.3 cm³/mol. The van der Waals surface area contributed by atoms with Crippen LogP contribution in [-0.4, -0.2) is 29.7 Å². The lowest BCUT2D eigenvalue weighted by Crippen LogP contribution is -2.18. The molecule has 80 valence electrons. The van der Waals surface area contributed by atoms with Crippen LogP contribution in [0.4, 0.5) is 5.95 Å². The Kier molecular flexibility index (Phi) is 4.51. The van der Waals surface area contributed by atoms with Gasteiger partial charge in [-0.15, -0.1) is 0 Å². The number of aromatic nitrogens is 2. The highest BCUT2D eigenvalue weighted by Gasteiger charge is 2.04. The van der Waals surface area contributed by atoms with Crippen molar-refractivity contribution < 1.29 is 4.74 Å². The molecule has 0 aliphatic rings. The van der Waals surface area contributed by atoms with Crippen molar-refractivity contribution in [3.8, 4) is 6.07 Å². The number of nitriles is 1. The second-order valence-electron chi connectivity index (χ2n) is 3.20. The number of nitrogens with one attached hydrogen (secondary N) is 1. The maximum atomic E-state index is 8.65. The van der Waals surface area contributed by atoms with Gasteiger partial charge in [0.15, 0.2) is 0 Å². The van der Waals surface area contributed by atoms with Crippen molar-refractivity contribution in [3.63, 3.8) is 0 Å². The van der Waals surface area contributed by atoms with E-state index in [0.29, 0.717) is 18.2 Å². The van der Waals surface area contributed by atoms with Crippen molar-refractivity contribution in [1.82, 2.24) is 9.97 Å². The summed E-state index contributed by atoms with van der Waals surface area (Å²) in [6, 6.07) is 3.76. The molecule has 0 aromatic carbocycles. The van der Waals surface area contributed by atoms with Crippen LogP contribution in [0.1, 0.15) is 19.0 Å². The molecule has 0 amide bonds. The summed E-state index contributed by atoms with van der Waals surface area (Å²) in [6.07, 6.45) is 2.44. The largest absolute Gasteiger partial charge is 0.385 e. The number of anilines is 1. The maximum Gasteiger partial charge on any atom is 0.224 e. The van der Waals surface area contributed by atoms with Gasteiger partial charge in [-0.2, -0.15) is 5.26 Å². The summed E-state index contributed by atoms with van der Waals surface area (Å²) in [6.45, 7) is 2.70. The quantitative estimate of drug-likeness (QED) is 0.783. The van der Waals surface area contributed by atoms with E-state index in [4.69, 9.17) is 10.00 Å². The zero-order valence-corrected chi connectivity index (χ0v) is 8.90. The van der Waals surface area contributed by atoms with Crippen LogP contribution in [0.2, 0.25) is 0 Å². The van der Waals surface area contributed by atoms with E-state index >= 15 is 0 Å². The van der Waals surface area contributed by atoms with Gasteiger partial charge in [-0.3, -0.25) is 0 Å². The van der Waals surface area contributed by atoms with Gasteiger partial charge in [0.1, 0.15) is 11.8 Å². The monoisotopic (exact) mass is 206 g/mol. The second-order valence-corrected chi connectivity index (χ2v) is 3.20. The molecule has 0 bridgehead atoms. The van der Waals surface area contributed by atoms with Gasteiger partial charge < -0.3 is 10.1 Å². The molecule has 1 aromatic rings. The fourth-order valence-corrected chi connectivity index (χ4v) is 1.08. The minimum atomic E-state index is 0.221. The average molecular weight is 206 g/mol. The van der Waals surface area contributed by atoms with E-state index in [0.717, 1.165) is 6.42 Å². The van der Waals surface area contributed by atoms with Gasteiger partial charge >= 0.3 is 0 Å². The number of hydrogen-bond acceptors (Lipinski definition) is 5. The van der Waals surface area contributed by atoms with Gasteiger partial charge in [0.2, 0.25) is 5.95 Å². The molecule has 5 nitrogen and oxygen atoms in total. The Balaban J connectivity index is 2.53. The van der Waals surface area contributed by atoms with Crippen molar-refractivity contribution in [2.24, 2.45) is 0 Å². The Hall–Kier alpha value is -1.67. The molecular formula is C10H14N4O. The average Bonchev–Trinajstić information content (AvgIpc) is 2.26.